The molecular weight excluding hydrogens is 556 g/mol. The van der Waals surface area contributed by atoms with E-state index in [1.165, 1.54) is 16.3 Å². The van der Waals surface area contributed by atoms with Gasteiger partial charge in [0.2, 0.25) is 0 Å². The summed E-state index contributed by atoms with van der Waals surface area (Å²) in [5, 5.41) is 4.94. The van der Waals surface area contributed by atoms with Crippen molar-refractivity contribution >= 4 is 66.6 Å². The van der Waals surface area contributed by atoms with E-state index in [0.717, 1.165) is 14.5 Å². The van der Waals surface area contributed by atoms with Crippen molar-refractivity contribution in [2.24, 2.45) is 5.10 Å². The Balaban J connectivity index is 1.56. The number of hydrogen-bond acceptors (Lipinski definition) is 5. The van der Waals surface area contributed by atoms with Crippen LogP contribution in [0.3, 0.4) is 0 Å². The summed E-state index contributed by atoms with van der Waals surface area (Å²) >= 11 is 7.97. The molecule has 0 aliphatic rings. The fraction of sp³-hybridized carbons (Fsp3) is 0.0435. The van der Waals surface area contributed by atoms with Gasteiger partial charge in [-0.1, -0.05) is 67.9 Å². The second-order valence-electron chi connectivity index (χ2n) is 6.66. The molecule has 6 nitrogen and oxygen atoms in total. The van der Waals surface area contributed by atoms with Crippen molar-refractivity contribution in [3.63, 3.8) is 0 Å². The van der Waals surface area contributed by atoms with Crippen molar-refractivity contribution in [2.45, 2.75) is 5.16 Å². The number of benzene rings is 3. The molecule has 1 amide bonds. The van der Waals surface area contributed by atoms with Gasteiger partial charge in [0, 0.05) is 8.95 Å². The third-order valence-corrected chi connectivity index (χ3v) is 6.43. The highest BCUT2D eigenvalue weighted by Gasteiger charge is 2.14. The molecule has 0 bridgehead atoms. The predicted octanol–water partition coefficient (Wildman–Crippen LogP) is 5.15. The normalized spacial score (nSPS) is 11.2. The molecule has 160 valence electrons. The summed E-state index contributed by atoms with van der Waals surface area (Å²) in [6.07, 6.45) is 1.57. The number of nitrogens with one attached hydrogen (secondary N) is 1. The summed E-state index contributed by atoms with van der Waals surface area (Å²) < 4.78 is 3.40. The lowest BCUT2D eigenvalue weighted by molar-refractivity contribution is -0.118. The number of amides is 1. The molecule has 0 aliphatic carbocycles. The molecule has 1 heterocycles. The molecule has 0 saturated heterocycles. The molecule has 32 heavy (non-hydrogen) atoms. The fourth-order valence-electron chi connectivity index (χ4n) is 2.92. The summed E-state index contributed by atoms with van der Waals surface area (Å²) in [5.41, 5.74) is 4.45. The number of hydrogen-bond donors (Lipinski definition) is 1. The smallest absolute Gasteiger partial charge is 0.266 e. The Morgan fingerprint density at radius 3 is 2.38 bits per heavy atom. The number of para-hydroxylation sites is 1. The zero-order valence-corrected chi connectivity index (χ0v) is 20.5. The van der Waals surface area contributed by atoms with Gasteiger partial charge in [0.05, 0.1) is 28.6 Å². The van der Waals surface area contributed by atoms with E-state index in [-0.39, 0.29) is 17.2 Å². The SMILES string of the molecule is O=C(CSc1nc2ccccc2c(=O)n1-c1ccc(Br)cc1)N/N=C\c1ccc(Br)cc1. The molecule has 0 unspecified atom stereocenters. The second kappa shape index (κ2) is 10.2. The zero-order chi connectivity index (χ0) is 22.5. The number of fused-ring (bicyclic) bond motifs is 1. The molecule has 9 heteroatoms. The summed E-state index contributed by atoms with van der Waals surface area (Å²) in [6.45, 7) is 0. The Labute approximate surface area is 205 Å². The maximum atomic E-state index is 13.2. The van der Waals surface area contributed by atoms with Crippen LogP contribution in [-0.2, 0) is 4.79 Å². The minimum Gasteiger partial charge on any atom is -0.272 e. The number of aromatic nitrogens is 2. The van der Waals surface area contributed by atoms with Crippen LogP contribution in [0.1, 0.15) is 5.56 Å². The maximum absolute atomic E-state index is 13.2. The molecule has 0 aliphatic heterocycles. The molecule has 0 saturated carbocycles. The van der Waals surface area contributed by atoms with E-state index in [0.29, 0.717) is 21.7 Å². The largest absolute Gasteiger partial charge is 0.272 e. The number of halogens is 2. The summed E-state index contributed by atoms with van der Waals surface area (Å²) in [6, 6.07) is 22.1. The molecule has 1 N–H and O–H groups in total. The molecule has 0 fully saturated rings. The maximum Gasteiger partial charge on any atom is 0.266 e. The Bertz CT molecular complexity index is 1350. The molecule has 0 atom stereocenters. The lowest BCUT2D eigenvalue weighted by Crippen LogP contribution is -2.24. The first-order chi connectivity index (χ1) is 15.5. The number of nitrogens with zero attached hydrogens (tertiary/aromatic N) is 3. The topological polar surface area (TPSA) is 76.3 Å². The minimum atomic E-state index is -0.298. The van der Waals surface area contributed by atoms with Gasteiger partial charge in [-0.15, -0.1) is 0 Å². The molecule has 0 spiro atoms. The quantitative estimate of drug-likeness (QED) is 0.150. The standard InChI is InChI=1S/C23H16Br2N4O2S/c24-16-7-5-15(6-8-16)13-26-28-21(30)14-32-23-27-20-4-2-1-3-19(20)22(31)29(23)18-11-9-17(25)10-12-18/h1-13H,14H2,(H,28,30)/b26-13-. The molecule has 0 radical (unpaired) electrons. The van der Waals surface area contributed by atoms with E-state index in [1.54, 1.807) is 24.4 Å². The second-order valence-corrected chi connectivity index (χ2v) is 9.44. The lowest BCUT2D eigenvalue weighted by Gasteiger charge is -2.13. The van der Waals surface area contributed by atoms with E-state index >= 15 is 0 Å². The Morgan fingerprint density at radius 2 is 1.66 bits per heavy atom. The van der Waals surface area contributed by atoms with Crippen molar-refractivity contribution in [2.75, 3.05) is 5.75 Å². The van der Waals surface area contributed by atoms with Crippen LogP contribution in [0.4, 0.5) is 0 Å². The summed E-state index contributed by atoms with van der Waals surface area (Å²) in [7, 11) is 0. The van der Waals surface area contributed by atoms with E-state index in [2.05, 4.69) is 47.4 Å². The fourth-order valence-corrected chi connectivity index (χ4v) is 4.25. The summed E-state index contributed by atoms with van der Waals surface area (Å²) in [4.78, 5) is 30.2. The third-order valence-electron chi connectivity index (χ3n) is 4.43. The number of carbonyl (C=O) groups excluding carboxylic acids is 1. The van der Waals surface area contributed by atoms with Gasteiger partial charge in [-0.2, -0.15) is 5.10 Å². The van der Waals surface area contributed by atoms with Gasteiger partial charge in [-0.25, -0.2) is 10.4 Å². The highest BCUT2D eigenvalue weighted by atomic mass is 79.9. The van der Waals surface area contributed by atoms with E-state index in [9.17, 15) is 9.59 Å². The van der Waals surface area contributed by atoms with Crippen molar-refractivity contribution in [3.05, 3.63) is 97.7 Å². The van der Waals surface area contributed by atoms with Gasteiger partial charge in [0.15, 0.2) is 5.16 Å². The van der Waals surface area contributed by atoms with Crippen LogP contribution >= 0.6 is 43.6 Å². The van der Waals surface area contributed by atoms with Crippen LogP contribution in [0.5, 0.6) is 0 Å². The highest BCUT2D eigenvalue weighted by molar-refractivity contribution is 9.10. The van der Waals surface area contributed by atoms with Gasteiger partial charge in [0.1, 0.15) is 0 Å². The monoisotopic (exact) mass is 570 g/mol. The van der Waals surface area contributed by atoms with Crippen LogP contribution < -0.4 is 11.0 Å². The molecule has 4 rings (SSSR count). The average Bonchev–Trinajstić information content (AvgIpc) is 2.80. The van der Waals surface area contributed by atoms with Crippen molar-refractivity contribution in [3.8, 4) is 5.69 Å². The molecule has 1 aromatic heterocycles. The lowest BCUT2D eigenvalue weighted by atomic mass is 10.2. The van der Waals surface area contributed by atoms with Gasteiger partial charge in [0.25, 0.3) is 11.5 Å². The molecular formula is C23H16Br2N4O2S. The van der Waals surface area contributed by atoms with Crippen LogP contribution in [0.25, 0.3) is 16.6 Å². The summed E-state index contributed by atoms with van der Waals surface area (Å²) in [5.74, 6) is -0.243. The van der Waals surface area contributed by atoms with E-state index < -0.39 is 0 Å². The van der Waals surface area contributed by atoms with Crippen molar-refractivity contribution < 1.29 is 4.79 Å². The predicted molar refractivity (Wildman–Crippen MR) is 136 cm³/mol. The van der Waals surface area contributed by atoms with Gasteiger partial charge >= 0.3 is 0 Å². The Kier molecular flexibility index (Phi) is 7.19. The first-order valence-electron chi connectivity index (χ1n) is 9.49. The highest BCUT2D eigenvalue weighted by Crippen LogP contribution is 2.22. The molecule has 4 aromatic rings. The first-order valence-corrected chi connectivity index (χ1v) is 12.1. The number of rotatable bonds is 6. The van der Waals surface area contributed by atoms with Crippen molar-refractivity contribution in [1.82, 2.24) is 15.0 Å². The number of hydrazone groups is 1. The van der Waals surface area contributed by atoms with E-state index in [4.69, 9.17) is 0 Å². The third kappa shape index (κ3) is 5.35. The zero-order valence-electron chi connectivity index (χ0n) is 16.5. The van der Waals surface area contributed by atoms with Gasteiger partial charge in [-0.3, -0.25) is 14.2 Å². The first kappa shape index (κ1) is 22.4. The number of carbonyl (C=O) groups is 1. The van der Waals surface area contributed by atoms with Gasteiger partial charge < -0.3 is 0 Å². The van der Waals surface area contributed by atoms with Gasteiger partial charge in [-0.05, 0) is 54.1 Å². The van der Waals surface area contributed by atoms with Crippen LogP contribution in [-0.4, -0.2) is 27.4 Å². The molecule has 3 aromatic carbocycles. The van der Waals surface area contributed by atoms with Crippen LogP contribution in [0.15, 0.2) is 96.8 Å². The van der Waals surface area contributed by atoms with E-state index in [1.807, 2.05) is 54.6 Å². The Morgan fingerprint density at radius 1 is 1.00 bits per heavy atom. The van der Waals surface area contributed by atoms with Crippen molar-refractivity contribution in [1.29, 1.82) is 0 Å². The minimum absolute atomic E-state index is 0.0545. The Hall–Kier alpha value is -2.75. The van der Waals surface area contributed by atoms with Crippen LogP contribution in [0.2, 0.25) is 0 Å². The number of thioether (sulfide) groups is 1. The average molecular weight is 572 g/mol. The van der Waals surface area contributed by atoms with Crippen LogP contribution in [0, 0.1) is 0 Å².